The van der Waals surface area contributed by atoms with Crippen LogP contribution >= 0.6 is 0 Å². The Morgan fingerprint density at radius 1 is 1.32 bits per heavy atom. The fourth-order valence-electron chi connectivity index (χ4n) is 2.81. The Labute approximate surface area is 113 Å². The number of aryl methyl sites for hydroxylation is 1. The molecule has 2 aromatic rings. The number of aromatic amines is 1. The first-order valence-electron chi connectivity index (χ1n) is 6.82. The maximum Gasteiger partial charge on any atom is 0.227 e. The van der Waals surface area contributed by atoms with E-state index in [-0.39, 0.29) is 11.8 Å². The number of H-pyrrole nitrogens is 1. The molecular formula is C16H18N2O. The smallest absolute Gasteiger partial charge is 0.227 e. The van der Waals surface area contributed by atoms with Gasteiger partial charge in [0.1, 0.15) is 0 Å². The van der Waals surface area contributed by atoms with E-state index in [2.05, 4.69) is 28.5 Å². The highest BCUT2D eigenvalue weighted by Crippen LogP contribution is 2.31. The van der Waals surface area contributed by atoms with Gasteiger partial charge in [0, 0.05) is 18.9 Å². The summed E-state index contributed by atoms with van der Waals surface area (Å²) in [5, 5.41) is 3.04. The van der Waals surface area contributed by atoms with Gasteiger partial charge in [-0.3, -0.25) is 4.79 Å². The second-order valence-corrected chi connectivity index (χ2v) is 5.08. The molecule has 3 heteroatoms. The Kier molecular flexibility index (Phi) is 3.36. The van der Waals surface area contributed by atoms with Crippen LogP contribution in [0.2, 0.25) is 0 Å². The lowest BCUT2D eigenvalue weighted by molar-refractivity contribution is -0.123. The predicted molar refractivity (Wildman–Crippen MR) is 74.8 cm³/mol. The summed E-state index contributed by atoms with van der Waals surface area (Å²) in [6.07, 6.45) is 6.93. The van der Waals surface area contributed by atoms with Gasteiger partial charge in [-0.25, -0.2) is 0 Å². The summed E-state index contributed by atoms with van der Waals surface area (Å²) in [5.41, 5.74) is 3.65. The molecule has 0 saturated carbocycles. The summed E-state index contributed by atoms with van der Waals surface area (Å²) in [5.74, 6) is 0.164. The lowest BCUT2D eigenvalue weighted by Crippen LogP contribution is -2.30. The van der Waals surface area contributed by atoms with Gasteiger partial charge in [0.25, 0.3) is 0 Å². The monoisotopic (exact) mass is 254 g/mol. The van der Waals surface area contributed by atoms with Crippen LogP contribution in [-0.2, 0) is 17.8 Å². The average molecular weight is 254 g/mol. The Morgan fingerprint density at radius 3 is 3.05 bits per heavy atom. The number of fused-ring (bicyclic) bond motifs is 1. The number of carbonyl (C=O) groups is 1. The Balaban J connectivity index is 1.71. The van der Waals surface area contributed by atoms with E-state index in [1.54, 1.807) is 0 Å². The van der Waals surface area contributed by atoms with Gasteiger partial charge < -0.3 is 10.3 Å². The molecule has 3 nitrogen and oxygen atoms in total. The quantitative estimate of drug-likeness (QED) is 0.869. The first-order valence-corrected chi connectivity index (χ1v) is 6.82. The van der Waals surface area contributed by atoms with Crippen molar-refractivity contribution in [2.24, 2.45) is 0 Å². The van der Waals surface area contributed by atoms with E-state index in [0.29, 0.717) is 6.54 Å². The van der Waals surface area contributed by atoms with Gasteiger partial charge in [-0.15, -0.1) is 0 Å². The molecule has 1 aromatic carbocycles. The van der Waals surface area contributed by atoms with Crippen LogP contribution in [0.1, 0.15) is 35.4 Å². The molecule has 1 aliphatic rings. The van der Waals surface area contributed by atoms with E-state index in [9.17, 15) is 4.79 Å². The molecule has 3 rings (SSSR count). The van der Waals surface area contributed by atoms with Gasteiger partial charge in [0.2, 0.25) is 5.91 Å². The minimum Gasteiger partial charge on any atom is -0.367 e. The fraction of sp³-hybridized carbons (Fsp3) is 0.312. The van der Waals surface area contributed by atoms with Gasteiger partial charge in [0.15, 0.2) is 0 Å². The minimum atomic E-state index is 0.0175. The summed E-state index contributed by atoms with van der Waals surface area (Å²) >= 11 is 0. The molecule has 0 radical (unpaired) electrons. The molecule has 0 fully saturated rings. The van der Waals surface area contributed by atoms with Crippen molar-refractivity contribution in [3.8, 4) is 0 Å². The minimum absolute atomic E-state index is 0.0175. The molecule has 98 valence electrons. The largest absolute Gasteiger partial charge is 0.367 e. The van der Waals surface area contributed by atoms with Gasteiger partial charge in [-0.1, -0.05) is 24.3 Å². The van der Waals surface area contributed by atoms with Crippen molar-refractivity contribution in [1.82, 2.24) is 10.3 Å². The number of aromatic nitrogens is 1. The third kappa shape index (κ3) is 2.55. The van der Waals surface area contributed by atoms with Crippen LogP contribution in [-0.4, -0.2) is 10.9 Å². The molecular weight excluding hydrogens is 236 g/mol. The van der Waals surface area contributed by atoms with Gasteiger partial charge in [-0.05, 0) is 42.0 Å². The van der Waals surface area contributed by atoms with E-state index >= 15 is 0 Å². The van der Waals surface area contributed by atoms with Crippen molar-refractivity contribution < 1.29 is 4.79 Å². The van der Waals surface area contributed by atoms with E-state index in [4.69, 9.17) is 0 Å². The van der Waals surface area contributed by atoms with E-state index in [1.807, 2.05) is 24.5 Å². The second-order valence-electron chi connectivity index (χ2n) is 5.08. The van der Waals surface area contributed by atoms with Crippen molar-refractivity contribution in [3.05, 3.63) is 59.4 Å². The molecule has 0 spiro atoms. The third-order valence-corrected chi connectivity index (χ3v) is 3.82. The first kappa shape index (κ1) is 12.0. The van der Waals surface area contributed by atoms with Crippen molar-refractivity contribution in [3.63, 3.8) is 0 Å². The normalized spacial score (nSPS) is 17.8. The highest BCUT2D eigenvalue weighted by atomic mass is 16.1. The SMILES string of the molecule is O=C(NCc1cc[nH]c1)C1CCCc2ccccc21. The van der Waals surface area contributed by atoms with Crippen molar-refractivity contribution >= 4 is 5.91 Å². The molecule has 1 heterocycles. The van der Waals surface area contributed by atoms with E-state index in [1.165, 1.54) is 11.1 Å². The summed E-state index contributed by atoms with van der Waals surface area (Å²) in [4.78, 5) is 15.3. The number of nitrogens with one attached hydrogen (secondary N) is 2. The zero-order valence-corrected chi connectivity index (χ0v) is 10.9. The molecule has 0 bridgehead atoms. The van der Waals surface area contributed by atoms with Crippen LogP contribution < -0.4 is 5.32 Å². The van der Waals surface area contributed by atoms with Crippen LogP contribution in [0.5, 0.6) is 0 Å². The van der Waals surface area contributed by atoms with E-state index in [0.717, 1.165) is 24.8 Å². The number of rotatable bonds is 3. The third-order valence-electron chi connectivity index (χ3n) is 3.82. The first-order chi connectivity index (χ1) is 9.34. The molecule has 0 aliphatic heterocycles. The van der Waals surface area contributed by atoms with Crippen molar-refractivity contribution in [2.75, 3.05) is 0 Å². The maximum absolute atomic E-state index is 12.3. The Hall–Kier alpha value is -2.03. The van der Waals surface area contributed by atoms with Crippen LogP contribution in [0.25, 0.3) is 0 Å². The predicted octanol–water partition coefficient (Wildman–Crippen LogP) is 2.75. The van der Waals surface area contributed by atoms with Crippen molar-refractivity contribution in [2.45, 2.75) is 31.7 Å². The van der Waals surface area contributed by atoms with Gasteiger partial charge in [0.05, 0.1) is 5.92 Å². The molecule has 1 atom stereocenters. The summed E-state index contributed by atoms with van der Waals surface area (Å²) in [6, 6.07) is 10.3. The lowest BCUT2D eigenvalue weighted by atomic mass is 9.82. The molecule has 1 amide bonds. The van der Waals surface area contributed by atoms with Gasteiger partial charge >= 0.3 is 0 Å². The molecule has 19 heavy (non-hydrogen) atoms. The standard InChI is InChI=1S/C16H18N2O/c19-16(18-11-12-8-9-17-10-12)15-7-3-5-13-4-1-2-6-14(13)15/h1-2,4,6,8-10,15,17H,3,5,7,11H2,(H,18,19). The number of carbonyl (C=O) groups excluding carboxylic acids is 1. The molecule has 1 aliphatic carbocycles. The lowest BCUT2D eigenvalue weighted by Gasteiger charge is -2.24. The highest BCUT2D eigenvalue weighted by molar-refractivity contribution is 5.84. The Morgan fingerprint density at radius 2 is 2.21 bits per heavy atom. The number of hydrogen-bond acceptors (Lipinski definition) is 1. The zero-order valence-electron chi connectivity index (χ0n) is 10.9. The van der Waals surface area contributed by atoms with Crippen LogP contribution in [0.15, 0.2) is 42.7 Å². The van der Waals surface area contributed by atoms with Crippen LogP contribution in [0, 0.1) is 0 Å². The maximum atomic E-state index is 12.3. The number of amides is 1. The second kappa shape index (κ2) is 5.31. The average Bonchev–Trinajstić information content (AvgIpc) is 2.97. The molecule has 1 aromatic heterocycles. The van der Waals surface area contributed by atoms with E-state index < -0.39 is 0 Å². The van der Waals surface area contributed by atoms with Gasteiger partial charge in [-0.2, -0.15) is 0 Å². The fourth-order valence-corrected chi connectivity index (χ4v) is 2.81. The van der Waals surface area contributed by atoms with Crippen LogP contribution in [0.3, 0.4) is 0 Å². The topological polar surface area (TPSA) is 44.9 Å². The highest BCUT2D eigenvalue weighted by Gasteiger charge is 2.25. The molecule has 0 saturated heterocycles. The number of hydrogen-bond donors (Lipinski definition) is 2. The zero-order chi connectivity index (χ0) is 13.1. The molecule has 1 unspecified atom stereocenters. The van der Waals surface area contributed by atoms with Crippen LogP contribution in [0.4, 0.5) is 0 Å². The van der Waals surface area contributed by atoms with Crippen molar-refractivity contribution in [1.29, 1.82) is 0 Å². The molecule has 2 N–H and O–H groups in total. The summed E-state index contributed by atoms with van der Waals surface area (Å²) in [6.45, 7) is 0.598. The summed E-state index contributed by atoms with van der Waals surface area (Å²) < 4.78 is 0. The number of benzene rings is 1. The Bertz CT molecular complexity index is 560. The summed E-state index contributed by atoms with van der Waals surface area (Å²) in [7, 11) is 0.